The Hall–Kier alpha value is -2.57. The van der Waals surface area contributed by atoms with Gasteiger partial charge in [0.15, 0.2) is 5.82 Å². The minimum absolute atomic E-state index is 0.108. The molecule has 4 aromatic rings. The fraction of sp³-hybridized carbons (Fsp3) is 0.217. The van der Waals surface area contributed by atoms with Crippen LogP contribution in [0, 0.1) is 13.8 Å². The van der Waals surface area contributed by atoms with Gasteiger partial charge < -0.3 is 10.5 Å². The number of methoxy groups -OCH3 is 1. The first-order valence-electron chi connectivity index (χ1n) is 9.55. The van der Waals surface area contributed by atoms with Crippen LogP contribution in [-0.2, 0) is 0 Å². The van der Waals surface area contributed by atoms with E-state index in [0.29, 0.717) is 15.4 Å². The lowest BCUT2D eigenvalue weighted by atomic mass is 9.90. The van der Waals surface area contributed by atoms with Gasteiger partial charge in [0, 0.05) is 34.5 Å². The lowest BCUT2D eigenvalue weighted by molar-refractivity contribution is 0.409. The Kier molecular flexibility index (Phi) is 5.47. The molecule has 2 aromatic heterocycles. The quantitative estimate of drug-likeness (QED) is 0.375. The number of anilines is 1. The summed E-state index contributed by atoms with van der Waals surface area (Å²) in [6.07, 6.45) is 3.53. The van der Waals surface area contributed by atoms with Gasteiger partial charge in [-0.1, -0.05) is 48.4 Å². The van der Waals surface area contributed by atoms with Gasteiger partial charge in [-0.15, -0.1) is 0 Å². The summed E-state index contributed by atoms with van der Waals surface area (Å²) in [7, 11) is 1.69. The molecule has 5 nitrogen and oxygen atoms in total. The molecule has 0 bridgehead atoms. The molecule has 0 fully saturated rings. The largest absolute Gasteiger partial charge is 0.496 e. The van der Waals surface area contributed by atoms with Crippen molar-refractivity contribution in [1.29, 1.82) is 0 Å². The molecule has 7 heteroatoms. The summed E-state index contributed by atoms with van der Waals surface area (Å²) < 4.78 is 8.55. The zero-order valence-electron chi connectivity index (χ0n) is 17.2. The molecule has 154 valence electrons. The summed E-state index contributed by atoms with van der Waals surface area (Å²) in [6, 6.07) is 10.3. The number of nitrogen functional groups attached to an aromatic ring is 1. The maximum absolute atomic E-state index is 6.69. The second-order valence-corrected chi connectivity index (χ2v) is 8.52. The molecule has 0 radical (unpaired) electrons. The number of benzene rings is 2. The predicted octanol–water partition coefficient (Wildman–Crippen LogP) is 6.17. The molecule has 0 aliphatic carbocycles. The summed E-state index contributed by atoms with van der Waals surface area (Å²) in [5, 5.41) is 0.689. The van der Waals surface area contributed by atoms with E-state index in [1.807, 2.05) is 23.6 Å². The number of ether oxygens (including phenoxy) is 1. The molecule has 2 N–H and O–H groups in total. The number of hydrogen-bond donors (Lipinski definition) is 1. The molecular formula is C23H22BrClN4O. The molecule has 2 aromatic carbocycles. The lowest BCUT2D eigenvalue weighted by Gasteiger charge is -2.21. The third-order valence-corrected chi connectivity index (χ3v) is 6.42. The van der Waals surface area contributed by atoms with Gasteiger partial charge in [0.2, 0.25) is 0 Å². The smallest absolute Gasteiger partial charge is 0.150 e. The van der Waals surface area contributed by atoms with E-state index in [9.17, 15) is 0 Å². The van der Waals surface area contributed by atoms with Crippen LogP contribution in [0.3, 0.4) is 0 Å². The van der Waals surface area contributed by atoms with E-state index in [2.05, 4.69) is 59.0 Å². The lowest BCUT2D eigenvalue weighted by Crippen LogP contribution is -2.07. The van der Waals surface area contributed by atoms with Crippen molar-refractivity contribution < 1.29 is 4.74 Å². The molecule has 0 saturated heterocycles. The average molecular weight is 486 g/mol. The highest BCUT2D eigenvalue weighted by Crippen LogP contribution is 2.44. The molecule has 1 atom stereocenters. The van der Waals surface area contributed by atoms with Gasteiger partial charge in [0.1, 0.15) is 21.7 Å². The summed E-state index contributed by atoms with van der Waals surface area (Å²) in [5.74, 6) is 1.93. The highest BCUT2D eigenvalue weighted by Gasteiger charge is 2.25. The Morgan fingerprint density at radius 3 is 2.57 bits per heavy atom. The van der Waals surface area contributed by atoms with Gasteiger partial charge in [0.05, 0.1) is 7.11 Å². The minimum Gasteiger partial charge on any atom is -0.496 e. The zero-order chi connectivity index (χ0) is 21.6. The first-order chi connectivity index (χ1) is 14.3. The third-order valence-electron chi connectivity index (χ3n) is 5.47. The van der Waals surface area contributed by atoms with E-state index < -0.39 is 0 Å². The average Bonchev–Trinajstić information content (AvgIpc) is 3.07. The summed E-state index contributed by atoms with van der Waals surface area (Å²) in [4.78, 5) is 8.90. The Balaban J connectivity index is 1.96. The maximum Gasteiger partial charge on any atom is 0.150 e. The van der Waals surface area contributed by atoms with Crippen LogP contribution < -0.4 is 10.5 Å². The van der Waals surface area contributed by atoms with Crippen LogP contribution >= 0.6 is 27.5 Å². The van der Waals surface area contributed by atoms with Gasteiger partial charge in [-0.25, -0.2) is 9.97 Å². The van der Waals surface area contributed by atoms with E-state index >= 15 is 0 Å². The number of imidazole rings is 1. The summed E-state index contributed by atoms with van der Waals surface area (Å²) in [5.41, 5.74) is 12.0. The van der Waals surface area contributed by atoms with Crippen molar-refractivity contribution in [2.75, 3.05) is 12.8 Å². The van der Waals surface area contributed by atoms with Crippen LogP contribution in [0.15, 0.2) is 47.3 Å². The van der Waals surface area contributed by atoms with E-state index in [0.717, 1.165) is 39.3 Å². The first kappa shape index (κ1) is 20.7. The molecule has 0 saturated carbocycles. The van der Waals surface area contributed by atoms with E-state index in [4.69, 9.17) is 27.1 Å². The second-order valence-electron chi connectivity index (χ2n) is 7.36. The number of rotatable bonds is 4. The Morgan fingerprint density at radius 2 is 1.90 bits per heavy atom. The van der Waals surface area contributed by atoms with E-state index in [1.165, 1.54) is 5.56 Å². The molecule has 0 spiro atoms. The fourth-order valence-corrected chi connectivity index (χ4v) is 4.63. The van der Waals surface area contributed by atoms with Crippen molar-refractivity contribution in [2.45, 2.75) is 26.7 Å². The Morgan fingerprint density at radius 1 is 1.20 bits per heavy atom. The topological polar surface area (TPSA) is 65.4 Å². The van der Waals surface area contributed by atoms with Crippen LogP contribution in [-0.4, -0.2) is 21.5 Å². The molecule has 4 rings (SSSR count). The molecule has 0 aliphatic rings. The third kappa shape index (κ3) is 3.34. The van der Waals surface area contributed by atoms with E-state index in [1.54, 1.807) is 13.3 Å². The van der Waals surface area contributed by atoms with Gasteiger partial charge in [0.25, 0.3) is 0 Å². The first-order valence-corrected chi connectivity index (χ1v) is 10.7. The van der Waals surface area contributed by atoms with Gasteiger partial charge >= 0.3 is 0 Å². The monoisotopic (exact) mass is 484 g/mol. The molecule has 2 heterocycles. The Labute approximate surface area is 189 Å². The molecule has 0 aliphatic heterocycles. The van der Waals surface area contributed by atoms with Crippen molar-refractivity contribution >= 4 is 38.9 Å². The fourth-order valence-electron chi connectivity index (χ4n) is 3.84. The van der Waals surface area contributed by atoms with Gasteiger partial charge in [-0.2, -0.15) is 0 Å². The molecule has 30 heavy (non-hydrogen) atoms. The highest BCUT2D eigenvalue weighted by atomic mass is 79.9. The number of halogens is 2. The number of nitrogens with two attached hydrogens (primary N) is 1. The van der Waals surface area contributed by atoms with Crippen molar-refractivity contribution in [2.24, 2.45) is 0 Å². The maximum atomic E-state index is 6.69. The summed E-state index contributed by atoms with van der Waals surface area (Å²) in [6.45, 7) is 6.17. The molecule has 1 unspecified atom stereocenters. The van der Waals surface area contributed by atoms with Crippen LogP contribution in [0.1, 0.15) is 35.4 Å². The van der Waals surface area contributed by atoms with Crippen molar-refractivity contribution in [3.8, 4) is 16.9 Å². The molecule has 0 amide bonds. The normalized spacial score (nSPS) is 12.3. The van der Waals surface area contributed by atoms with E-state index in [-0.39, 0.29) is 5.92 Å². The van der Waals surface area contributed by atoms with Crippen molar-refractivity contribution in [3.05, 3.63) is 74.9 Å². The summed E-state index contributed by atoms with van der Waals surface area (Å²) >= 11 is 10.2. The van der Waals surface area contributed by atoms with Gasteiger partial charge in [-0.05, 0) is 47.0 Å². The zero-order valence-corrected chi connectivity index (χ0v) is 19.5. The van der Waals surface area contributed by atoms with Crippen molar-refractivity contribution in [1.82, 2.24) is 14.4 Å². The van der Waals surface area contributed by atoms with Crippen molar-refractivity contribution in [3.63, 3.8) is 0 Å². The number of aryl methyl sites for hydroxylation is 1. The number of fused-ring (bicyclic) bond motifs is 1. The van der Waals surface area contributed by atoms with Crippen LogP contribution in [0.2, 0.25) is 5.02 Å². The standard InChI is InChI=1S/C23H22BrClN4O/c1-12-5-7-15(8-6-12)18-14(3)17(25)11-16(20(18)30-4)13(2)23-28-21(24)19-22(26)27-9-10-29(19)23/h5-11,13H,1-4H3,(H2,26,27). The number of aromatic nitrogens is 3. The second kappa shape index (κ2) is 7.93. The van der Waals surface area contributed by atoms with Crippen LogP contribution in [0.5, 0.6) is 5.75 Å². The van der Waals surface area contributed by atoms with Crippen LogP contribution in [0.25, 0.3) is 16.6 Å². The molecular weight excluding hydrogens is 464 g/mol. The highest BCUT2D eigenvalue weighted by molar-refractivity contribution is 9.10. The SMILES string of the molecule is COc1c(C(C)c2nc(Br)c3c(N)nccn23)cc(Cl)c(C)c1-c1ccc(C)cc1. The Bertz CT molecular complexity index is 1250. The van der Waals surface area contributed by atoms with Gasteiger partial charge in [-0.3, -0.25) is 4.40 Å². The number of nitrogens with zero attached hydrogens (tertiary/aromatic N) is 3. The minimum atomic E-state index is -0.108. The number of hydrogen-bond acceptors (Lipinski definition) is 4. The van der Waals surface area contributed by atoms with Crippen LogP contribution in [0.4, 0.5) is 5.82 Å². The predicted molar refractivity (Wildman–Crippen MR) is 126 cm³/mol.